The first kappa shape index (κ1) is 20.9. The minimum absolute atomic E-state index is 0.0814. The molecule has 0 aliphatic carbocycles. The van der Waals surface area contributed by atoms with E-state index in [9.17, 15) is 22.0 Å². The first-order valence-corrected chi connectivity index (χ1v) is 10.4. The molecule has 0 spiro atoms. The van der Waals surface area contributed by atoms with Gasteiger partial charge in [0.05, 0.1) is 21.5 Å². The van der Waals surface area contributed by atoms with Gasteiger partial charge in [0, 0.05) is 12.6 Å². The molecule has 3 rings (SSSR count). The Labute approximate surface area is 166 Å². The number of nitrogens with two attached hydrogens (primary N) is 1. The fraction of sp³-hybridized carbons (Fsp3) is 0.263. The highest BCUT2D eigenvalue weighted by atomic mass is 32.2. The van der Waals surface area contributed by atoms with Crippen LogP contribution < -0.4 is 5.14 Å². The number of ether oxygens (including phenoxy) is 1. The Morgan fingerprint density at radius 1 is 1.21 bits per heavy atom. The second-order valence-electron chi connectivity index (χ2n) is 6.43. The molecule has 1 heterocycles. The van der Waals surface area contributed by atoms with Gasteiger partial charge < -0.3 is 9.30 Å². The number of carbonyl (C=O) groups is 1. The molecular formula is C19H19F2N3O4S. The number of rotatable bonds is 7. The Morgan fingerprint density at radius 2 is 1.97 bits per heavy atom. The number of hydrogen-bond acceptors (Lipinski definition) is 5. The standard InChI is InChI=1S/C19H19F2N3O4S/c1-2-3-8-24-17-7-5-13(29(22,26)27)10-16(17)23-18(24)11-28-19(25)14-6-4-12(20)9-15(14)21/h4-7,9-10H,2-3,8,11H2,1H3,(H2,22,26,27). The molecule has 154 valence electrons. The number of aryl methyl sites for hydroxylation is 1. The lowest BCUT2D eigenvalue weighted by Crippen LogP contribution is -2.12. The Hall–Kier alpha value is -2.85. The fourth-order valence-electron chi connectivity index (χ4n) is 2.88. The average molecular weight is 423 g/mol. The average Bonchev–Trinajstić information content (AvgIpc) is 3.00. The van der Waals surface area contributed by atoms with Gasteiger partial charge in [-0.15, -0.1) is 0 Å². The lowest BCUT2D eigenvalue weighted by Gasteiger charge is -2.10. The van der Waals surface area contributed by atoms with E-state index in [1.54, 1.807) is 10.6 Å². The summed E-state index contributed by atoms with van der Waals surface area (Å²) >= 11 is 0. The van der Waals surface area contributed by atoms with Crippen LogP contribution in [-0.2, 0) is 27.9 Å². The van der Waals surface area contributed by atoms with Gasteiger partial charge in [-0.1, -0.05) is 13.3 Å². The summed E-state index contributed by atoms with van der Waals surface area (Å²) in [6, 6.07) is 6.88. The molecule has 0 aliphatic heterocycles. The first-order valence-electron chi connectivity index (χ1n) is 8.85. The van der Waals surface area contributed by atoms with Gasteiger partial charge in [-0.25, -0.2) is 32.1 Å². The summed E-state index contributed by atoms with van der Waals surface area (Å²) < 4.78 is 56.9. The largest absolute Gasteiger partial charge is 0.454 e. The predicted octanol–water partition coefficient (Wildman–Crippen LogP) is 3.12. The molecule has 29 heavy (non-hydrogen) atoms. The van der Waals surface area contributed by atoms with Crippen molar-refractivity contribution in [3.8, 4) is 0 Å². The van der Waals surface area contributed by atoms with Crippen molar-refractivity contribution in [3.05, 3.63) is 59.4 Å². The second-order valence-corrected chi connectivity index (χ2v) is 7.99. The van der Waals surface area contributed by atoms with E-state index in [1.807, 2.05) is 6.92 Å². The van der Waals surface area contributed by atoms with E-state index >= 15 is 0 Å². The third-order valence-electron chi connectivity index (χ3n) is 4.35. The molecule has 0 atom stereocenters. The van der Waals surface area contributed by atoms with Crippen molar-refractivity contribution in [1.29, 1.82) is 0 Å². The van der Waals surface area contributed by atoms with Crippen LogP contribution in [0.4, 0.5) is 8.78 Å². The van der Waals surface area contributed by atoms with Crippen molar-refractivity contribution in [3.63, 3.8) is 0 Å². The van der Waals surface area contributed by atoms with Crippen LogP contribution in [0.1, 0.15) is 35.9 Å². The predicted molar refractivity (Wildman–Crippen MR) is 101 cm³/mol. The maximum Gasteiger partial charge on any atom is 0.341 e. The number of hydrogen-bond donors (Lipinski definition) is 1. The van der Waals surface area contributed by atoms with Crippen molar-refractivity contribution in [1.82, 2.24) is 9.55 Å². The van der Waals surface area contributed by atoms with Crippen molar-refractivity contribution in [2.75, 3.05) is 0 Å². The summed E-state index contributed by atoms with van der Waals surface area (Å²) in [6.45, 7) is 2.31. The molecular weight excluding hydrogens is 404 g/mol. The molecule has 7 nitrogen and oxygen atoms in total. The van der Waals surface area contributed by atoms with Gasteiger partial charge in [-0.05, 0) is 36.8 Å². The van der Waals surface area contributed by atoms with E-state index in [-0.39, 0.29) is 17.1 Å². The molecule has 0 amide bonds. The van der Waals surface area contributed by atoms with Crippen molar-refractivity contribution in [2.24, 2.45) is 5.14 Å². The minimum Gasteiger partial charge on any atom is -0.454 e. The molecule has 2 N–H and O–H groups in total. The van der Waals surface area contributed by atoms with E-state index in [1.165, 1.54) is 12.1 Å². The van der Waals surface area contributed by atoms with Crippen molar-refractivity contribution in [2.45, 2.75) is 37.8 Å². The zero-order valence-electron chi connectivity index (χ0n) is 15.6. The van der Waals surface area contributed by atoms with Crippen LogP contribution in [0.5, 0.6) is 0 Å². The Kier molecular flexibility index (Phi) is 5.94. The topological polar surface area (TPSA) is 104 Å². The zero-order chi connectivity index (χ0) is 21.2. The van der Waals surface area contributed by atoms with Crippen LogP contribution in [0.3, 0.4) is 0 Å². The maximum absolute atomic E-state index is 13.8. The number of primary sulfonamides is 1. The number of aromatic nitrogens is 2. The first-order chi connectivity index (χ1) is 13.7. The Bertz CT molecular complexity index is 1180. The number of fused-ring (bicyclic) bond motifs is 1. The lowest BCUT2D eigenvalue weighted by atomic mass is 10.2. The highest BCUT2D eigenvalue weighted by Crippen LogP contribution is 2.22. The van der Waals surface area contributed by atoms with Crippen LogP contribution in [0.15, 0.2) is 41.3 Å². The molecule has 0 saturated carbocycles. The van der Waals surface area contributed by atoms with Crippen LogP contribution in [-0.4, -0.2) is 23.9 Å². The summed E-state index contributed by atoms with van der Waals surface area (Å²) in [5.41, 5.74) is 0.649. The highest BCUT2D eigenvalue weighted by molar-refractivity contribution is 7.89. The van der Waals surface area contributed by atoms with E-state index in [4.69, 9.17) is 9.88 Å². The molecule has 1 aromatic heterocycles. The summed E-state index contributed by atoms with van der Waals surface area (Å²) in [6.07, 6.45) is 1.71. The molecule has 0 aliphatic rings. The fourth-order valence-corrected chi connectivity index (χ4v) is 3.41. The molecule has 0 fully saturated rings. The van der Waals surface area contributed by atoms with Gasteiger partial charge in [0.1, 0.15) is 24.1 Å². The summed E-state index contributed by atoms with van der Waals surface area (Å²) in [5.74, 6) is -2.41. The van der Waals surface area contributed by atoms with Gasteiger partial charge in [-0.2, -0.15) is 0 Å². The second kappa shape index (κ2) is 8.26. The van der Waals surface area contributed by atoms with E-state index in [0.717, 1.165) is 25.0 Å². The number of unbranched alkanes of at least 4 members (excludes halogenated alkanes) is 1. The van der Waals surface area contributed by atoms with Crippen LogP contribution in [0.2, 0.25) is 0 Å². The van der Waals surface area contributed by atoms with Crippen LogP contribution >= 0.6 is 0 Å². The SMILES string of the molecule is CCCCn1c(COC(=O)c2ccc(F)cc2F)nc2cc(S(N)(=O)=O)ccc21. The van der Waals surface area contributed by atoms with E-state index in [2.05, 4.69) is 4.98 Å². The highest BCUT2D eigenvalue weighted by Gasteiger charge is 2.18. The molecule has 2 aromatic carbocycles. The number of esters is 1. The molecule has 0 unspecified atom stereocenters. The third-order valence-corrected chi connectivity index (χ3v) is 5.26. The van der Waals surface area contributed by atoms with Gasteiger partial charge in [0.15, 0.2) is 0 Å². The number of halogens is 2. The third kappa shape index (κ3) is 4.60. The zero-order valence-corrected chi connectivity index (χ0v) is 16.4. The van der Waals surface area contributed by atoms with Gasteiger partial charge in [-0.3, -0.25) is 0 Å². The van der Waals surface area contributed by atoms with Gasteiger partial charge in [0.2, 0.25) is 10.0 Å². The summed E-state index contributed by atoms with van der Waals surface area (Å²) in [7, 11) is -3.89. The number of imidazole rings is 1. The Balaban J connectivity index is 1.91. The number of carbonyl (C=O) groups excluding carboxylic acids is 1. The van der Waals surface area contributed by atoms with E-state index < -0.39 is 27.6 Å². The molecule has 3 aromatic rings. The smallest absolute Gasteiger partial charge is 0.341 e. The van der Waals surface area contributed by atoms with Gasteiger partial charge in [0.25, 0.3) is 0 Å². The molecule has 10 heteroatoms. The molecule has 0 bridgehead atoms. The van der Waals surface area contributed by atoms with Crippen molar-refractivity contribution < 1.29 is 26.7 Å². The lowest BCUT2D eigenvalue weighted by molar-refractivity contribution is 0.0453. The summed E-state index contributed by atoms with van der Waals surface area (Å²) in [5, 5.41) is 5.17. The number of sulfonamides is 1. The minimum atomic E-state index is -3.89. The Morgan fingerprint density at radius 3 is 2.62 bits per heavy atom. The van der Waals surface area contributed by atoms with E-state index in [0.29, 0.717) is 29.5 Å². The molecule has 0 saturated heterocycles. The molecule has 0 radical (unpaired) electrons. The maximum atomic E-state index is 13.8. The normalized spacial score (nSPS) is 11.7. The number of nitrogens with zero attached hydrogens (tertiary/aromatic N) is 2. The number of benzene rings is 2. The monoisotopic (exact) mass is 423 g/mol. The van der Waals surface area contributed by atoms with Crippen LogP contribution in [0.25, 0.3) is 11.0 Å². The quantitative estimate of drug-likeness (QED) is 0.588. The summed E-state index contributed by atoms with van der Waals surface area (Å²) in [4.78, 5) is 16.4. The van der Waals surface area contributed by atoms with Crippen LogP contribution in [0, 0.1) is 11.6 Å². The van der Waals surface area contributed by atoms with Crippen molar-refractivity contribution >= 4 is 27.0 Å². The van der Waals surface area contributed by atoms with Gasteiger partial charge >= 0.3 is 5.97 Å².